The van der Waals surface area contributed by atoms with Crippen LogP contribution in [0.4, 0.5) is 0 Å². The van der Waals surface area contributed by atoms with E-state index < -0.39 is 0 Å². The van der Waals surface area contributed by atoms with Crippen molar-refractivity contribution >= 4 is 0 Å². The fourth-order valence-corrected chi connectivity index (χ4v) is 3.53. The molecule has 3 nitrogen and oxygen atoms in total. The maximum absolute atomic E-state index is 10.1. The van der Waals surface area contributed by atoms with Gasteiger partial charge in [0.05, 0.1) is 6.10 Å². The molecule has 0 radical (unpaired) electrons. The number of nitrogens with one attached hydrogen (secondary N) is 1. The number of hydrogen-bond acceptors (Lipinski definition) is 3. The minimum absolute atomic E-state index is 0.0734. The summed E-state index contributed by atoms with van der Waals surface area (Å²) in [5.74, 6) is 0.721. The number of nitrogens with zero attached hydrogens (tertiary/aromatic N) is 1. The zero-order chi connectivity index (χ0) is 13.0. The Labute approximate surface area is 112 Å². The summed E-state index contributed by atoms with van der Waals surface area (Å²) in [5, 5.41) is 13.7. The van der Waals surface area contributed by atoms with Gasteiger partial charge in [-0.2, -0.15) is 0 Å². The van der Waals surface area contributed by atoms with Crippen LogP contribution in [-0.2, 0) is 0 Å². The zero-order valence-electron chi connectivity index (χ0n) is 12.1. The zero-order valence-corrected chi connectivity index (χ0v) is 12.1. The molecule has 1 heterocycles. The molecule has 106 valence electrons. The second-order valence-corrected chi connectivity index (χ2v) is 6.51. The molecule has 0 amide bonds. The third-order valence-corrected chi connectivity index (χ3v) is 4.48. The van der Waals surface area contributed by atoms with Crippen molar-refractivity contribution in [2.75, 3.05) is 19.6 Å². The second-order valence-electron chi connectivity index (χ2n) is 6.51. The van der Waals surface area contributed by atoms with Gasteiger partial charge in [0, 0.05) is 18.6 Å². The molecule has 2 rings (SSSR count). The third kappa shape index (κ3) is 3.69. The van der Waals surface area contributed by atoms with E-state index in [1.165, 1.54) is 38.6 Å². The van der Waals surface area contributed by atoms with Gasteiger partial charge in [-0.05, 0) is 51.1 Å². The summed E-state index contributed by atoms with van der Waals surface area (Å²) in [6, 6.07) is 1.09. The summed E-state index contributed by atoms with van der Waals surface area (Å²) >= 11 is 0. The van der Waals surface area contributed by atoms with Gasteiger partial charge in [-0.1, -0.05) is 20.3 Å². The van der Waals surface area contributed by atoms with Gasteiger partial charge < -0.3 is 10.4 Å². The van der Waals surface area contributed by atoms with Crippen molar-refractivity contribution < 1.29 is 5.11 Å². The number of hydrogen-bond donors (Lipinski definition) is 2. The lowest BCUT2D eigenvalue weighted by Gasteiger charge is -2.41. The Hall–Kier alpha value is -0.120. The molecule has 1 aliphatic carbocycles. The topological polar surface area (TPSA) is 35.5 Å². The largest absolute Gasteiger partial charge is 0.391 e. The second kappa shape index (κ2) is 6.88. The quantitative estimate of drug-likeness (QED) is 0.788. The van der Waals surface area contributed by atoms with E-state index >= 15 is 0 Å². The lowest BCUT2D eigenvalue weighted by molar-refractivity contribution is 0.0249. The van der Waals surface area contributed by atoms with E-state index in [4.69, 9.17) is 0 Å². The van der Waals surface area contributed by atoms with Crippen LogP contribution in [0.15, 0.2) is 0 Å². The fourth-order valence-electron chi connectivity index (χ4n) is 3.53. The highest BCUT2D eigenvalue weighted by Gasteiger charge is 2.35. The Kier molecular flexibility index (Phi) is 5.46. The highest BCUT2D eigenvalue weighted by atomic mass is 16.3. The molecule has 0 aromatic rings. The van der Waals surface area contributed by atoms with Crippen molar-refractivity contribution in [2.24, 2.45) is 5.92 Å². The van der Waals surface area contributed by atoms with Gasteiger partial charge in [-0.25, -0.2) is 0 Å². The predicted octanol–water partition coefficient (Wildman–Crippen LogP) is 2.00. The summed E-state index contributed by atoms with van der Waals surface area (Å²) in [6.07, 6.45) is 7.30. The van der Waals surface area contributed by atoms with Crippen molar-refractivity contribution in [3.05, 3.63) is 0 Å². The molecule has 1 saturated heterocycles. The van der Waals surface area contributed by atoms with Gasteiger partial charge in [-0.3, -0.25) is 4.90 Å². The fraction of sp³-hybridized carbons (Fsp3) is 1.00. The van der Waals surface area contributed by atoms with Crippen LogP contribution in [0.3, 0.4) is 0 Å². The Morgan fingerprint density at radius 1 is 1.17 bits per heavy atom. The van der Waals surface area contributed by atoms with Crippen molar-refractivity contribution in [1.29, 1.82) is 0 Å². The van der Waals surface area contributed by atoms with Crippen molar-refractivity contribution in [3.63, 3.8) is 0 Å². The molecule has 0 aromatic carbocycles. The van der Waals surface area contributed by atoms with E-state index in [-0.39, 0.29) is 6.10 Å². The molecule has 3 atom stereocenters. The monoisotopic (exact) mass is 254 g/mol. The standard InChI is InChI=1S/C15H30N2O/c1-12(2)10-16-11-13-6-3-4-9-17(13)14-7-5-8-15(14)18/h12-16,18H,3-11H2,1-2H3. The Balaban J connectivity index is 1.85. The predicted molar refractivity (Wildman–Crippen MR) is 75.7 cm³/mol. The summed E-state index contributed by atoms with van der Waals surface area (Å²) in [6.45, 7) is 7.91. The average molecular weight is 254 g/mol. The van der Waals surface area contributed by atoms with Gasteiger partial charge in [0.2, 0.25) is 0 Å². The van der Waals surface area contributed by atoms with E-state index in [0.29, 0.717) is 12.1 Å². The summed E-state index contributed by atoms with van der Waals surface area (Å²) in [4.78, 5) is 2.61. The minimum atomic E-state index is -0.0734. The van der Waals surface area contributed by atoms with Gasteiger partial charge in [0.15, 0.2) is 0 Å². The molecule has 18 heavy (non-hydrogen) atoms. The van der Waals surface area contributed by atoms with Crippen molar-refractivity contribution in [3.8, 4) is 0 Å². The lowest BCUT2D eigenvalue weighted by atomic mass is 9.98. The van der Waals surface area contributed by atoms with Gasteiger partial charge in [0.1, 0.15) is 0 Å². The first kappa shape index (κ1) is 14.3. The maximum atomic E-state index is 10.1. The van der Waals surface area contributed by atoms with E-state index in [9.17, 15) is 5.11 Å². The Morgan fingerprint density at radius 2 is 2.00 bits per heavy atom. The van der Waals surface area contributed by atoms with Gasteiger partial charge in [-0.15, -0.1) is 0 Å². The van der Waals surface area contributed by atoms with Gasteiger partial charge in [0.25, 0.3) is 0 Å². The first-order valence-corrected chi connectivity index (χ1v) is 7.83. The molecular weight excluding hydrogens is 224 g/mol. The van der Waals surface area contributed by atoms with Crippen LogP contribution in [-0.4, -0.2) is 47.8 Å². The van der Waals surface area contributed by atoms with Crippen LogP contribution < -0.4 is 5.32 Å². The van der Waals surface area contributed by atoms with E-state index in [1.807, 2.05) is 0 Å². The molecular formula is C15H30N2O. The number of rotatable bonds is 5. The first-order valence-electron chi connectivity index (χ1n) is 7.83. The Bertz CT molecular complexity index is 245. The molecule has 2 aliphatic rings. The molecule has 1 aliphatic heterocycles. The molecule has 0 bridgehead atoms. The lowest BCUT2D eigenvalue weighted by Crippen LogP contribution is -2.53. The average Bonchev–Trinajstić information content (AvgIpc) is 2.76. The van der Waals surface area contributed by atoms with Crippen LogP contribution in [0.5, 0.6) is 0 Å². The van der Waals surface area contributed by atoms with Crippen molar-refractivity contribution in [1.82, 2.24) is 10.2 Å². The number of aliphatic hydroxyl groups excluding tert-OH is 1. The minimum Gasteiger partial charge on any atom is -0.391 e. The van der Waals surface area contributed by atoms with Crippen LogP contribution in [0, 0.1) is 5.92 Å². The third-order valence-electron chi connectivity index (χ3n) is 4.48. The molecule has 0 aromatic heterocycles. The SMILES string of the molecule is CC(C)CNCC1CCCCN1C1CCCC1O. The molecule has 2 fully saturated rings. The normalized spacial score (nSPS) is 34.3. The molecule has 1 saturated carbocycles. The molecule has 2 N–H and O–H groups in total. The smallest absolute Gasteiger partial charge is 0.0695 e. The Morgan fingerprint density at radius 3 is 2.67 bits per heavy atom. The van der Waals surface area contributed by atoms with Crippen LogP contribution in [0.2, 0.25) is 0 Å². The van der Waals surface area contributed by atoms with E-state index in [2.05, 4.69) is 24.1 Å². The number of aliphatic hydroxyl groups is 1. The summed E-state index contributed by atoms with van der Waals surface area (Å²) < 4.78 is 0. The van der Waals surface area contributed by atoms with Crippen molar-refractivity contribution in [2.45, 2.75) is 70.6 Å². The van der Waals surface area contributed by atoms with E-state index in [0.717, 1.165) is 25.4 Å². The number of piperidine rings is 1. The highest BCUT2D eigenvalue weighted by molar-refractivity contribution is 4.91. The molecule has 3 unspecified atom stereocenters. The van der Waals surface area contributed by atoms with Crippen LogP contribution in [0.1, 0.15) is 52.4 Å². The number of likely N-dealkylation sites (tertiary alicyclic amines) is 1. The molecule has 0 spiro atoms. The molecule has 3 heteroatoms. The van der Waals surface area contributed by atoms with Crippen LogP contribution >= 0.6 is 0 Å². The summed E-state index contributed by atoms with van der Waals surface area (Å²) in [5.41, 5.74) is 0. The van der Waals surface area contributed by atoms with Gasteiger partial charge >= 0.3 is 0 Å². The maximum Gasteiger partial charge on any atom is 0.0695 e. The van der Waals surface area contributed by atoms with E-state index in [1.54, 1.807) is 0 Å². The first-order chi connectivity index (χ1) is 8.68. The summed E-state index contributed by atoms with van der Waals surface area (Å²) in [7, 11) is 0. The van der Waals surface area contributed by atoms with Crippen LogP contribution in [0.25, 0.3) is 0 Å². The highest BCUT2D eigenvalue weighted by Crippen LogP contribution is 2.29.